The highest BCUT2D eigenvalue weighted by atomic mass is 19.4. The molecule has 0 spiro atoms. The molecule has 2 aliphatic rings. The molecule has 1 atom stereocenters. The predicted molar refractivity (Wildman–Crippen MR) is 137 cm³/mol. The van der Waals surface area contributed by atoms with Crippen LogP contribution in [0.2, 0.25) is 0 Å². The summed E-state index contributed by atoms with van der Waals surface area (Å²) < 4.78 is 59.7. The van der Waals surface area contributed by atoms with Crippen molar-refractivity contribution < 1.29 is 22.3 Å². The molecular weight excluding hydrogens is 514 g/mol. The Bertz CT molecular complexity index is 1560. The number of aromatic nitrogens is 5. The van der Waals surface area contributed by atoms with Crippen LogP contribution in [0.5, 0.6) is 0 Å². The third kappa shape index (κ3) is 5.98. The molecule has 1 saturated heterocycles. The van der Waals surface area contributed by atoms with Crippen LogP contribution in [-0.4, -0.2) is 31.1 Å². The zero-order valence-electron chi connectivity index (χ0n) is 21.5. The maximum atomic E-state index is 14.2. The molecule has 39 heavy (non-hydrogen) atoms. The second kappa shape index (κ2) is 10.8. The molecule has 2 fully saturated rings. The number of alkyl halides is 3. The van der Waals surface area contributed by atoms with Gasteiger partial charge in [-0.3, -0.25) is 4.79 Å². The number of halogens is 4. The number of hydrogen-bond donors (Lipinski definition) is 0. The number of hydrogen-bond acceptors (Lipinski definition) is 6. The Hall–Kier alpha value is -3.73. The van der Waals surface area contributed by atoms with Gasteiger partial charge in [0.25, 0.3) is 5.56 Å². The summed E-state index contributed by atoms with van der Waals surface area (Å²) in [5, 5.41) is 0. The third-order valence-electron chi connectivity index (χ3n) is 6.88. The first-order chi connectivity index (χ1) is 18.6. The number of benzene rings is 1. The van der Waals surface area contributed by atoms with Crippen LogP contribution >= 0.6 is 0 Å². The lowest BCUT2D eigenvalue weighted by Gasteiger charge is -2.23. The van der Waals surface area contributed by atoms with Gasteiger partial charge >= 0.3 is 6.18 Å². The summed E-state index contributed by atoms with van der Waals surface area (Å²) in [5.41, 5.74) is 2.05. The van der Waals surface area contributed by atoms with Crippen molar-refractivity contribution in [2.75, 3.05) is 6.61 Å². The summed E-state index contributed by atoms with van der Waals surface area (Å²) >= 11 is 0. The molecule has 7 nitrogen and oxygen atoms in total. The SMILES string of the molecule is Cc1nc2ncnc(-c3ccc(C(F)(F)F)cc3F)c2nc1C.O=c1ccc([C@H]2CCCCO2)cn1C1CC1. The number of aryl methyl sites for hydroxylation is 2. The molecule has 0 bridgehead atoms. The van der Waals surface area contributed by atoms with Crippen molar-refractivity contribution in [2.45, 2.75) is 64.3 Å². The van der Waals surface area contributed by atoms with E-state index in [1.54, 1.807) is 19.9 Å². The van der Waals surface area contributed by atoms with Crippen LogP contribution in [0.3, 0.4) is 0 Å². The van der Waals surface area contributed by atoms with E-state index in [9.17, 15) is 22.4 Å². The summed E-state index contributed by atoms with van der Waals surface area (Å²) in [6.07, 6.45) is 4.56. The molecule has 11 heteroatoms. The highest BCUT2D eigenvalue weighted by molar-refractivity contribution is 5.86. The van der Waals surface area contributed by atoms with Crippen LogP contribution in [0.4, 0.5) is 17.6 Å². The van der Waals surface area contributed by atoms with Gasteiger partial charge in [0.15, 0.2) is 5.65 Å². The topological polar surface area (TPSA) is 82.8 Å². The molecule has 4 aromatic rings. The fourth-order valence-electron chi connectivity index (χ4n) is 4.48. The molecule has 204 valence electrons. The first-order valence-electron chi connectivity index (χ1n) is 12.8. The Labute approximate surface area is 221 Å². The van der Waals surface area contributed by atoms with Crippen LogP contribution < -0.4 is 5.56 Å². The molecule has 1 saturated carbocycles. The monoisotopic (exact) mass is 541 g/mol. The van der Waals surface area contributed by atoms with E-state index in [0.717, 1.165) is 38.0 Å². The van der Waals surface area contributed by atoms with E-state index in [0.29, 0.717) is 23.5 Å². The van der Waals surface area contributed by atoms with Crippen molar-refractivity contribution in [3.63, 3.8) is 0 Å². The lowest BCUT2D eigenvalue weighted by atomic mass is 10.0. The van der Waals surface area contributed by atoms with Gasteiger partial charge in [-0.2, -0.15) is 13.2 Å². The quantitative estimate of drug-likeness (QED) is 0.284. The third-order valence-corrected chi connectivity index (χ3v) is 6.88. The zero-order valence-corrected chi connectivity index (χ0v) is 21.5. The molecule has 0 N–H and O–H groups in total. The van der Waals surface area contributed by atoms with Gasteiger partial charge in [0, 0.05) is 30.5 Å². The highest BCUT2D eigenvalue weighted by Crippen LogP contribution is 2.35. The van der Waals surface area contributed by atoms with Gasteiger partial charge in [-0.05, 0) is 75.8 Å². The van der Waals surface area contributed by atoms with E-state index in [1.165, 1.54) is 24.7 Å². The molecule has 0 radical (unpaired) electrons. The Morgan fingerprint density at radius 3 is 2.41 bits per heavy atom. The Morgan fingerprint density at radius 2 is 1.74 bits per heavy atom. The van der Waals surface area contributed by atoms with Gasteiger partial charge < -0.3 is 9.30 Å². The van der Waals surface area contributed by atoms with Crippen LogP contribution in [0, 0.1) is 19.7 Å². The largest absolute Gasteiger partial charge is 0.416 e. The average Bonchev–Trinajstić information content (AvgIpc) is 3.75. The minimum atomic E-state index is -4.61. The predicted octanol–water partition coefficient (Wildman–Crippen LogP) is 6.29. The molecule has 3 aromatic heterocycles. The number of fused-ring (bicyclic) bond motifs is 1. The van der Waals surface area contributed by atoms with Crippen molar-refractivity contribution in [1.82, 2.24) is 24.5 Å². The Kier molecular flexibility index (Phi) is 7.44. The van der Waals surface area contributed by atoms with Crippen LogP contribution in [0.1, 0.15) is 66.8 Å². The molecular formula is C28H27F4N5O2. The van der Waals surface area contributed by atoms with E-state index >= 15 is 0 Å². The summed E-state index contributed by atoms with van der Waals surface area (Å²) in [6, 6.07) is 6.36. The molecule has 0 unspecified atom stereocenters. The maximum absolute atomic E-state index is 14.2. The second-order valence-corrected chi connectivity index (χ2v) is 9.78. The second-order valence-electron chi connectivity index (χ2n) is 9.78. The molecule has 1 aromatic carbocycles. The lowest BCUT2D eigenvalue weighted by molar-refractivity contribution is -0.137. The molecule has 1 aliphatic heterocycles. The zero-order chi connectivity index (χ0) is 27.7. The standard InChI is InChI=1S/C15H10F4N4.C13H17NO2/c1-7-8(2)23-14-13(22-7)12(20-6-21-14)10-4-3-9(5-11(10)16)15(17,18)19;15-13-7-4-10(9-14(13)11-5-6-11)12-3-1-2-8-16-12/h3-6H,1-2H3;4,7,9,11-12H,1-3,5-6,8H2/t;12-/m.1/s1. The van der Waals surface area contributed by atoms with Gasteiger partial charge in [0.05, 0.1) is 23.1 Å². The van der Waals surface area contributed by atoms with Gasteiger partial charge in [0.1, 0.15) is 23.4 Å². The summed E-state index contributed by atoms with van der Waals surface area (Å²) in [4.78, 5) is 28.1. The van der Waals surface area contributed by atoms with E-state index in [1.807, 2.05) is 16.8 Å². The van der Waals surface area contributed by atoms with Crippen LogP contribution in [0.25, 0.3) is 22.4 Å². The van der Waals surface area contributed by atoms with Crippen molar-refractivity contribution in [3.8, 4) is 11.3 Å². The Balaban J connectivity index is 0.000000168. The first kappa shape index (κ1) is 26.9. The van der Waals surface area contributed by atoms with Gasteiger partial charge in [-0.25, -0.2) is 24.3 Å². The van der Waals surface area contributed by atoms with Gasteiger partial charge in [-0.15, -0.1) is 0 Å². The van der Waals surface area contributed by atoms with E-state index in [2.05, 4.69) is 19.9 Å². The molecule has 4 heterocycles. The normalized spacial score (nSPS) is 17.5. The van der Waals surface area contributed by atoms with Crippen molar-refractivity contribution in [1.29, 1.82) is 0 Å². The molecule has 0 amide bonds. The van der Waals surface area contributed by atoms with Crippen LogP contribution in [0.15, 0.2) is 47.7 Å². The number of nitrogens with zero attached hydrogens (tertiary/aromatic N) is 5. The van der Waals surface area contributed by atoms with E-state index in [4.69, 9.17) is 4.74 Å². The van der Waals surface area contributed by atoms with Crippen molar-refractivity contribution in [3.05, 3.63) is 81.5 Å². The first-order valence-corrected chi connectivity index (χ1v) is 12.8. The van der Waals surface area contributed by atoms with Crippen molar-refractivity contribution in [2.24, 2.45) is 0 Å². The molecule has 6 rings (SSSR count). The number of ether oxygens (including phenoxy) is 1. The Morgan fingerprint density at radius 1 is 0.974 bits per heavy atom. The van der Waals surface area contributed by atoms with Crippen LogP contribution in [-0.2, 0) is 10.9 Å². The van der Waals surface area contributed by atoms with E-state index in [-0.39, 0.29) is 34.1 Å². The summed E-state index contributed by atoms with van der Waals surface area (Å²) in [5.74, 6) is -1.03. The number of pyridine rings is 1. The fourth-order valence-corrected chi connectivity index (χ4v) is 4.48. The summed E-state index contributed by atoms with van der Waals surface area (Å²) in [7, 11) is 0. The lowest BCUT2D eigenvalue weighted by Crippen LogP contribution is -2.20. The maximum Gasteiger partial charge on any atom is 0.416 e. The minimum absolute atomic E-state index is 0.0806. The van der Waals surface area contributed by atoms with Gasteiger partial charge in [0.2, 0.25) is 0 Å². The van der Waals surface area contributed by atoms with Crippen molar-refractivity contribution >= 4 is 11.2 Å². The molecule has 1 aliphatic carbocycles. The van der Waals surface area contributed by atoms with Gasteiger partial charge in [-0.1, -0.05) is 0 Å². The van der Waals surface area contributed by atoms with E-state index < -0.39 is 17.6 Å². The fraction of sp³-hybridized carbons (Fsp3) is 0.393. The number of rotatable bonds is 3. The highest BCUT2D eigenvalue weighted by Gasteiger charge is 2.31. The average molecular weight is 542 g/mol. The summed E-state index contributed by atoms with van der Waals surface area (Å²) in [6.45, 7) is 4.33. The smallest absolute Gasteiger partial charge is 0.373 e. The minimum Gasteiger partial charge on any atom is -0.373 e.